The molecule has 1 aromatic carbocycles. The Morgan fingerprint density at radius 1 is 1.36 bits per heavy atom. The van der Waals surface area contributed by atoms with E-state index in [2.05, 4.69) is 33.2 Å². The summed E-state index contributed by atoms with van der Waals surface area (Å²) in [7, 11) is 0. The molecular formula is C16H16BrN3O2. The zero-order chi connectivity index (χ0) is 15.4. The maximum absolute atomic E-state index is 11.3. The van der Waals surface area contributed by atoms with Gasteiger partial charge in [-0.15, -0.1) is 0 Å². The van der Waals surface area contributed by atoms with E-state index in [0.717, 1.165) is 33.6 Å². The zero-order valence-electron chi connectivity index (χ0n) is 12.1. The molecule has 2 aliphatic carbocycles. The fourth-order valence-electron chi connectivity index (χ4n) is 3.43. The maximum atomic E-state index is 11.3. The second-order valence-electron chi connectivity index (χ2n) is 6.46. The van der Waals surface area contributed by atoms with Crippen LogP contribution in [0.25, 0.3) is 10.9 Å². The topological polar surface area (TPSA) is 68.1 Å². The summed E-state index contributed by atoms with van der Waals surface area (Å²) in [6.07, 6.45) is 3.77. The molecule has 1 aromatic heterocycles. The summed E-state index contributed by atoms with van der Waals surface area (Å²) in [5, 5.41) is 15.6. The summed E-state index contributed by atoms with van der Waals surface area (Å²) in [5.41, 5.74) is 1.44. The normalized spacial score (nSPS) is 29.4. The Bertz CT molecular complexity index is 779. The van der Waals surface area contributed by atoms with E-state index >= 15 is 0 Å². The van der Waals surface area contributed by atoms with E-state index in [1.807, 2.05) is 18.2 Å². The minimum atomic E-state index is -0.353. The summed E-state index contributed by atoms with van der Waals surface area (Å²) < 4.78 is 0.920. The van der Waals surface area contributed by atoms with Gasteiger partial charge in [-0.2, -0.15) is 0 Å². The van der Waals surface area contributed by atoms with Crippen molar-refractivity contribution >= 4 is 38.2 Å². The molecule has 0 spiro atoms. The highest BCUT2D eigenvalue weighted by Gasteiger charge is 2.52. The van der Waals surface area contributed by atoms with Crippen LogP contribution in [-0.2, 0) is 0 Å². The van der Waals surface area contributed by atoms with Gasteiger partial charge in [0.15, 0.2) is 0 Å². The van der Waals surface area contributed by atoms with Gasteiger partial charge in [-0.05, 0) is 48.8 Å². The molecule has 1 N–H and O–H groups in total. The average Bonchev–Trinajstić information content (AvgIpc) is 3.36. The van der Waals surface area contributed by atoms with E-state index in [-0.39, 0.29) is 10.6 Å². The molecule has 22 heavy (non-hydrogen) atoms. The third-order valence-electron chi connectivity index (χ3n) is 4.90. The molecule has 0 bridgehead atoms. The number of hydrogen-bond donors (Lipinski definition) is 1. The van der Waals surface area contributed by atoms with Crippen molar-refractivity contribution in [3.63, 3.8) is 0 Å². The maximum Gasteiger partial charge on any atom is 0.311 e. The van der Waals surface area contributed by atoms with Gasteiger partial charge < -0.3 is 5.32 Å². The highest BCUT2D eigenvalue weighted by atomic mass is 79.9. The van der Waals surface area contributed by atoms with Crippen molar-refractivity contribution in [3.05, 3.63) is 39.0 Å². The van der Waals surface area contributed by atoms with Crippen LogP contribution in [0.5, 0.6) is 0 Å². The standard InChI is InChI=1S/C16H16BrN3O2/c1-8-4-11(8)12-6-14(12)19-16-10-3-2-9(17)5-13(10)18-7-15(16)20(21)22/h2-3,5,7-8,11-12,14H,4,6H2,1H3,(H,18,19)/t8-,11-,12+,14-/m1/s1. The van der Waals surface area contributed by atoms with E-state index in [9.17, 15) is 10.1 Å². The Morgan fingerprint density at radius 3 is 2.82 bits per heavy atom. The number of rotatable bonds is 4. The van der Waals surface area contributed by atoms with Crippen LogP contribution in [0.3, 0.4) is 0 Å². The molecule has 2 fully saturated rings. The third kappa shape index (κ3) is 2.35. The number of nitro groups is 1. The average molecular weight is 362 g/mol. The van der Waals surface area contributed by atoms with Gasteiger partial charge in [-0.25, -0.2) is 4.98 Å². The largest absolute Gasteiger partial charge is 0.376 e. The molecule has 2 aliphatic rings. The molecule has 5 nitrogen and oxygen atoms in total. The lowest BCUT2D eigenvalue weighted by atomic mass is 10.1. The lowest BCUT2D eigenvalue weighted by Gasteiger charge is -2.10. The molecule has 6 heteroatoms. The first-order valence-corrected chi connectivity index (χ1v) is 8.33. The van der Waals surface area contributed by atoms with Crippen LogP contribution in [0, 0.1) is 27.9 Å². The third-order valence-corrected chi connectivity index (χ3v) is 5.39. The molecule has 0 unspecified atom stereocenters. The Morgan fingerprint density at radius 2 is 2.14 bits per heavy atom. The molecule has 0 aliphatic heterocycles. The summed E-state index contributed by atoms with van der Waals surface area (Å²) in [6, 6.07) is 6.03. The molecule has 0 amide bonds. The number of fused-ring (bicyclic) bond motifs is 1. The van der Waals surface area contributed by atoms with Gasteiger partial charge in [0.1, 0.15) is 11.9 Å². The Labute approximate surface area is 136 Å². The van der Waals surface area contributed by atoms with Gasteiger partial charge in [0.05, 0.1) is 10.4 Å². The highest BCUT2D eigenvalue weighted by Crippen LogP contribution is 2.55. The van der Waals surface area contributed by atoms with Gasteiger partial charge in [0, 0.05) is 15.9 Å². The minimum Gasteiger partial charge on any atom is -0.376 e. The van der Waals surface area contributed by atoms with Crippen LogP contribution in [0.4, 0.5) is 11.4 Å². The summed E-state index contributed by atoms with van der Waals surface area (Å²) in [4.78, 5) is 15.2. The quantitative estimate of drug-likeness (QED) is 0.648. The van der Waals surface area contributed by atoms with Gasteiger partial charge in [-0.3, -0.25) is 10.1 Å². The SMILES string of the molecule is C[C@@H]1C[C@H]1[C@@H]1C[C@H]1Nc1c([N+](=O)[O-])cnc2cc(Br)ccc12. The number of halogens is 1. The lowest BCUT2D eigenvalue weighted by Crippen LogP contribution is -2.09. The molecule has 2 aromatic rings. The van der Waals surface area contributed by atoms with E-state index in [1.165, 1.54) is 12.6 Å². The second-order valence-corrected chi connectivity index (χ2v) is 7.38. The first-order valence-electron chi connectivity index (χ1n) is 7.54. The highest BCUT2D eigenvalue weighted by molar-refractivity contribution is 9.10. The summed E-state index contributed by atoms with van der Waals surface area (Å²) >= 11 is 3.42. The van der Waals surface area contributed by atoms with E-state index in [1.54, 1.807) is 0 Å². The fraction of sp³-hybridized carbons (Fsp3) is 0.438. The second kappa shape index (κ2) is 4.91. The van der Waals surface area contributed by atoms with Crippen molar-refractivity contribution in [2.24, 2.45) is 17.8 Å². The molecule has 1 heterocycles. The van der Waals surface area contributed by atoms with E-state index in [0.29, 0.717) is 17.6 Å². The Kier molecular flexibility index (Phi) is 3.11. The van der Waals surface area contributed by atoms with Crippen molar-refractivity contribution < 1.29 is 4.92 Å². The van der Waals surface area contributed by atoms with Crippen molar-refractivity contribution in [3.8, 4) is 0 Å². The van der Waals surface area contributed by atoms with Gasteiger partial charge >= 0.3 is 5.69 Å². The molecule has 0 radical (unpaired) electrons. The van der Waals surface area contributed by atoms with Gasteiger partial charge in [0.25, 0.3) is 0 Å². The van der Waals surface area contributed by atoms with Gasteiger partial charge in [0.2, 0.25) is 0 Å². The van der Waals surface area contributed by atoms with Crippen LogP contribution in [0.15, 0.2) is 28.9 Å². The van der Waals surface area contributed by atoms with E-state index < -0.39 is 0 Å². The first-order chi connectivity index (χ1) is 10.5. The number of hydrogen-bond acceptors (Lipinski definition) is 4. The molecular weight excluding hydrogens is 346 g/mol. The van der Waals surface area contributed by atoms with Crippen LogP contribution in [-0.4, -0.2) is 15.9 Å². The molecule has 2 saturated carbocycles. The van der Waals surface area contributed by atoms with Crippen LogP contribution in [0.1, 0.15) is 19.8 Å². The Hall–Kier alpha value is -1.69. The monoisotopic (exact) mass is 361 g/mol. The number of nitrogens with zero attached hydrogens (tertiary/aromatic N) is 2. The van der Waals surface area contributed by atoms with Gasteiger partial charge in [-0.1, -0.05) is 22.9 Å². The van der Waals surface area contributed by atoms with Crippen molar-refractivity contribution in [1.29, 1.82) is 0 Å². The van der Waals surface area contributed by atoms with Crippen molar-refractivity contribution in [2.75, 3.05) is 5.32 Å². The number of anilines is 1. The zero-order valence-corrected chi connectivity index (χ0v) is 13.7. The smallest absolute Gasteiger partial charge is 0.311 e. The minimum absolute atomic E-state index is 0.0596. The Balaban J connectivity index is 1.70. The van der Waals surface area contributed by atoms with Crippen LogP contribution < -0.4 is 5.32 Å². The predicted octanol–water partition coefficient (Wildman–Crippen LogP) is 4.36. The molecule has 114 valence electrons. The summed E-state index contributed by atoms with van der Waals surface area (Å²) in [5.74, 6) is 2.30. The van der Waals surface area contributed by atoms with E-state index in [4.69, 9.17) is 0 Å². The number of nitrogens with one attached hydrogen (secondary N) is 1. The molecule has 0 saturated heterocycles. The fourth-order valence-corrected chi connectivity index (χ4v) is 3.78. The number of aromatic nitrogens is 1. The van der Waals surface area contributed by atoms with Crippen LogP contribution >= 0.6 is 15.9 Å². The predicted molar refractivity (Wildman–Crippen MR) is 88.9 cm³/mol. The molecule has 4 atom stereocenters. The summed E-state index contributed by atoms with van der Waals surface area (Å²) in [6.45, 7) is 2.28. The first kappa shape index (κ1) is 13.9. The van der Waals surface area contributed by atoms with Crippen LogP contribution in [0.2, 0.25) is 0 Å². The number of benzene rings is 1. The van der Waals surface area contributed by atoms with Crippen molar-refractivity contribution in [1.82, 2.24) is 4.98 Å². The lowest BCUT2D eigenvalue weighted by molar-refractivity contribution is -0.384. The molecule has 4 rings (SSSR count). The number of pyridine rings is 1. The van der Waals surface area contributed by atoms with Crippen molar-refractivity contribution in [2.45, 2.75) is 25.8 Å².